The van der Waals surface area contributed by atoms with E-state index in [0.717, 1.165) is 52.3 Å². The van der Waals surface area contributed by atoms with Gasteiger partial charge in [0.05, 0.1) is 28.0 Å². The maximum absolute atomic E-state index is 13.2. The molecule has 166 valence electrons. The van der Waals surface area contributed by atoms with E-state index in [4.69, 9.17) is 4.98 Å². The van der Waals surface area contributed by atoms with Crippen LogP contribution in [0.5, 0.6) is 0 Å². The van der Waals surface area contributed by atoms with Gasteiger partial charge in [-0.25, -0.2) is 9.67 Å². The molecule has 0 unspecified atom stereocenters. The van der Waals surface area contributed by atoms with Gasteiger partial charge < -0.3 is 5.32 Å². The number of benzene rings is 1. The molecule has 0 radical (unpaired) electrons. The maximum atomic E-state index is 13.2. The van der Waals surface area contributed by atoms with Gasteiger partial charge in [0.15, 0.2) is 5.65 Å². The van der Waals surface area contributed by atoms with Gasteiger partial charge in [0, 0.05) is 30.9 Å². The molecule has 1 N–H and O–H groups in total. The number of carbonyl (C=O) groups excluding carboxylic acids is 1. The number of fused-ring (bicyclic) bond motifs is 1. The molecule has 0 aliphatic carbocycles. The van der Waals surface area contributed by atoms with Crippen molar-refractivity contribution in [2.75, 3.05) is 6.54 Å². The molecule has 0 aliphatic heterocycles. The molecule has 4 rings (SSSR count). The Labute approximate surface area is 188 Å². The molecular formula is C25H30N6O. The lowest BCUT2D eigenvalue weighted by Crippen LogP contribution is -2.26. The first-order valence-corrected chi connectivity index (χ1v) is 11.1. The molecule has 0 fully saturated rings. The number of aromatic nitrogens is 5. The normalized spacial score (nSPS) is 11.3. The Balaban J connectivity index is 1.61. The van der Waals surface area contributed by atoms with Gasteiger partial charge in [-0.3, -0.25) is 9.48 Å². The highest BCUT2D eigenvalue weighted by Crippen LogP contribution is 2.27. The summed E-state index contributed by atoms with van der Waals surface area (Å²) in [6.07, 6.45) is 0.806. The van der Waals surface area contributed by atoms with E-state index >= 15 is 0 Å². The minimum absolute atomic E-state index is 0.0992. The Hall–Kier alpha value is -3.48. The summed E-state index contributed by atoms with van der Waals surface area (Å²) < 4.78 is 3.85. The third-order valence-electron chi connectivity index (χ3n) is 5.70. The maximum Gasteiger partial charge on any atom is 0.252 e. The minimum Gasteiger partial charge on any atom is -0.352 e. The van der Waals surface area contributed by atoms with Gasteiger partial charge in [0.2, 0.25) is 0 Å². The van der Waals surface area contributed by atoms with Crippen LogP contribution in [0, 0.1) is 27.7 Å². The van der Waals surface area contributed by atoms with Gasteiger partial charge in [0.25, 0.3) is 5.91 Å². The van der Waals surface area contributed by atoms with Gasteiger partial charge in [-0.1, -0.05) is 29.8 Å². The zero-order valence-corrected chi connectivity index (χ0v) is 19.4. The molecule has 1 amide bonds. The molecule has 1 aromatic carbocycles. The minimum atomic E-state index is -0.0992. The quantitative estimate of drug-likeness (QED) is 0.442. The summed E-state index contributed by atoms with van der Waals surface area (Å²) in [5.74, 6) is -0.0992. The zero-order valence-electron chi connectivity index (χ0n) is 19.4. The molecular weight excluding hydrogens is 400 g/mol. The lowest BCUT2D eigenvalue weighted by molar-refractivity contribution is 0.0954. The molecule has 0 aliphatic rings. The number of pyridine rings is 1. The fourth-order valence-electron chi connectivity index (χ4n) is 4.05. The van der Waals surface area contributed by atoms with Crippen molar-refractivity contribution < 1.29 is 4.79 Å². The van der Waals surface area contributed by atoms with Crippen LogP contribution < -0.4 is 5.32 Å². The number of nitrogens with zero attached hydrogens (tertiary/aromatic N) is 5. The van der Waals surface area contributed by atoms with E-state index in [-0.39, 0.29) is 5.91 Å². The van der Waals surface area contributed by atoms with Gasteiger partial charge in [0.1, 0.15) is 0 Å². The average Bonchev–Trinajstić information content (AvgIpc) is 3.28. The second-order valence-electron chi connectivity index (χ2n) is 8.28. The largest absolute Gasteiger partial charge is 0.352 e. The molecule has 0 saturated carbocycles. The molecule has 32 heavy (non-hydrogen) atoms. The zero-order chi connectivity index (χ0) is 22.8. The highest BCUT2D eigenvalue weighted by molar-refractivity contribution is 6.07. The second-order valence-corrected chi connectivity index (χ2v) is 8.28. The smallest absolute Gasteiger partial charge is 0.252 e. The summed E-state index contributed by atoms with van der Waals surface area (Å²) in [5.41, 5.74) is 7.28. The topological polar surface area (TPSA) is 77.6 Å². The van der Waals surface area contributed by atoms with Crippen LogP contribution >= 0.6 is 0 Å². The summed E-state index contributed by atoms with van der Waals surface area (Å²) >= 11 is 0. The number of aryl methyl sites for hydroxylation is 6. The molecule has 3 aromatic heterocycles. The van der Waals surface area contributed by atoms with Crippen LogP contribution in [0.15, 0.2) is 36.4 Å². The Morgan fingerprint density at radius 3 is 2.41 bits per heavy atom. The fraction of sp³-hybridized carbons (Fsp3) is 0.360. The number of rotatable bonds is 7. The summed E-state index contributed by atoms with van der Waals surface area (Å²) in [6.45, 7) is 12.1. The van der Waals surface area contributed by atoms with Crippen LogP contribution in [0.1, 0.15) is 46.3 Å². The van der Waals surface area contributed by atoms with E-state index in [1.54, 1.807) is 0 Å². The second kappa shape index (κ2) is 8.94. The van der Waals surface area contributed by atoms with E-state index in [1.165, 1.54) is 5.56 Å². The molecule has 7 heteroatoms. The van der Waals surface area contributed by atoms with Crippen molar-refractivity contribution in [1.29, 1.82) is 0 Å². The Bertz CT molecular complexity index is 1270. The van der Waals surface area contributed by atoms with Crippen LogP contribution in [0.3, 0.4) is 0 Å². The van der Waals surface area contributed by atoms with Crippen LogP contribution in [-0.4, -0.2) is 37.0 Å². The lowest BCUT2D eigenvalue weighted by Gasteiger charge is -2.10. The fourth-order valence-corrected chi connectivity index (χ4v) is 4.05. The molecule has 7 nitrogen and oxygen atoms in total. The molecule has 0 spiro atoms. The van der Waals surface area contributed by atoms with Crippen LogP contribution in [0.25, 0.3) is 22.3 Å². The van der Waals surface area contributed by atoms with Crippen molar-refractivity contribution in [3.63, 3.8) is 0 Å². The molecule has 0 atom stereocenters. The van der Waals surface area contributed by atoms with Crippen molar-refractivity contribution in [2.24, 2.45) is 0 Å². The van der Waals surface area contributed by atoms with Crippen molar-refractivity contribution in [3.05, 3.63) is 64.6 Å². The molecule has 3 heterocycles. The predicted octanol–water partition coefficient (Wildman–Crippen LogP) is 4.37. The number of carbonyl (C=O) groups is 1. The summed E-state index contributed by atoms with van der Waals surface area (Å²) in [6, 6.07) is 12.1. The average molecular weight is 431 g/mol. The summed E-state index contributed by atoms with van der Waals surface area (Å²) in [5, 5.41) is 13.0. The predicted molar refractivity (Wildman–Crippen MR) is 127 cm³/mol. The van der Waals surface area contributed by atoms with Gasteiger partial charge in [-0.2, -0.15) is 10.2 Å². The Morgan fingerprint density at radius 1 is 1.00 bits per heavy atom. The van der Waals surface area contributed by atoms with Crippen molar-refractivity contribution in [1.82, 2.24) is 29.9 Å². The SMILES string of the molecule is CCn1nc(C)c2c(C(=O)NCCCn3nc(C)cc3C)cc(-c3ccc(C)cc3)nc21. The lowest BCUT2D eigenvalue weighted by atomic mass is 10.0. The third-order valence-corrected chi connectivity index (χ3v) is 5.70. The highest BCUT2D eigenvalue weighted by atomic mass is 16.1. The molecule has 0 bridgehead atoms. The Morgan fingerprint density at radius 2 is 1.75 bits per heavy atom. The van der Waals surface area contributed by atoms with E-state index in [2.05, 4.69) is 40.6 Å². The summed E-state index contributed by atoms with van der Waals surface area (Å²) in [7, 11) is 0. The summed E-state index contributed by atoms with van der Waals surface area (Å²) in [4.78, 5) is 18.1. The highest BCUT2D eigenvalue weighted by Gasteiger charge is 2.19. The standard InChI is InChI=1S/C25H30N6O/c1-6-30-24-23(19(5)29-30)21(15-22(27-24)20-10-8-16(2)9-11-20)25(32)26-12-7-13-31-18(4)14-17(3)28-31/h8-11,14-15H,6-7,12-13H2,1-5H3,(H,26,32). The van der Waals surface area contributed by atoms with E-state index in [0.29, 0.717) is 18.7 Å². The van der Waals surface area contributed by atoms with E-state index in [9.17, 15) is 4.79 Å². The van der Waals surface area contributed by atoms with E-state index < -0.39 is 0 Å². The number of hydrogen-bond donors (Lipinski definition) is 1. The Kier molecular flexibility index (Phi) is 6.08. The molecule has 0 saturated heterocycles. The van der Waals surface area contributed by atoms with Gasteiger partial charge >= 0.3 is 0 Å². The van der Waals surface area contributed by atoms with Crippen LogP contribution in [0.4, 0.5) is 0 Å². The number of amides is 1. The first kappa shape index (κ1) is 21.7. The van der Waals surface area contributed by atoms with Gasteiger partial charge in [-0.15, -0.1) is 0 Å². The van der Waals surface area contributed by atoms with Crippen LogP contribution in [0.2, 0.25) is 0 Å². The molecule has 4 aromatic rings. The third kappa shape index (κ3) is 4.28. The number of nitrogens with one attached hydrogen (secondary N) is 1. The van der Waals surface area contributed by atoms with Gasteiger partial charge in [-0.05, 0) is 53.2 Å². The van der Waals surface area contributed by atoms with E-state index in [1.807, 2.05) is 55.3 Å². The number of hydrogen-bond acceptors (Lipinski definition) is 4. The first-order valence-electron chi connectivity index (χ1n) is 11.1. The van der Waals surface area contributed by atoms with Crippen molar-refractivity contribution >= 4 is 16.9 Å². The monoisotopic (exact) mass is 430 g/mol. The van der Waals surface area contributed by atoms with Crippen molar-refractivity contribution in [2.45, 2.75) is 54.1 Å². The van der Waals surface area contributed by atoms with Crippen LogP contribution in [-0.2, 0) is 13.1 Å². The van der Waals surface area contributed by atoms with Crippen molar-refractivity contribution in [3.8, 4) is 11.3 Å². The first-order chi connectivity index (χ1) is 15.4.